The van der Waals surface area contributed by atoms with Gasteiger partial charge in [0.05, 0.1) is 54.5 Å². The molecule has 2 fully saturated rings. The van der Waals surface area contributed by atoms with E-state index < -0.39 is 18.0 Å². The summed E-state index contributed by atoms with van der Waals surface area (Å²) in [5, 5.41) is 28.9. The maximum Gasteiger partial charge on any atom is 0.254 e. The van der Waals surface area contributed by atoms with Crippen LogP contribution < -0.4 is 10.2 Å². The zero-order chi connectivity index (χ0) is 28.2. The molecule has 11 nitrogen and oxygen atoms in total. The topological polar surface area (TPSA) is 119 Å². The summed E-state index contributed by atoms with van der Waals surface area (Å²) in [5.41, 5.74) is 2.23. The Morgan fingerprint density at radius 1 is 1.27 bits per heavy atom. The molecule has 0 radical (unpaired) electrons. The first-order chi connectivity index (χ1) is 19.1. The first-order valence-electron chi connectivity index (χ1n) is 13.7. The smallest absolute Gasteiger partial charge is 0.254 e. The third kappa shape index (κ3) is 4.89. The molecule has 214 valence electrons. The molecule has 0 saturated carbocycles. The Bertz CT molecular complexity index is 1410. The Morgan fingerprint density at radius 2 is 2.08 bits per heavy atom. The number of nitrogens with one attached hydrogen (secondary N) is 1. The molecule has 2 saturated heterocycles. The third-order valence-corrected chi connectivity index (χ3v) is 8.25. The minimum Gasteiger partial charge on any atom is -0.387 e. The Hall–Kier alpha value is -3.32. The number of aromatic nitrogens is 3. The summed E-state index contributed by atoms with van der Waals surface area (Å²) in [7, 11) is 0. The van der Waals surface area contributed by atoms with Crippen LogP contribution in [0.5, 0.6) is 0 Å². The molecule has 40 heavy (non-hydrogen) atoms. The van der Waals surface area contributed by atoms with Gasteiger partial charge in [-0.25, -0.2) is 13.9 Å². The Labute approximate surface area is 232 Å². The van der Waals surface area contributed by atoms with E-state index in [0.29, 0.717) is 28.5 Å². The van der Waals surface area contributed by atoms with E-state index in [2.05, 4.69) is 32.1 Å². The fourth-order valence-corrected chi connectivity index (χ4v) is 5.76. The van der Waals surface area contributed by atoms with Crippen LogP contribution in [-0.4, -0.2) is 104 Å². The molecule has 3 N–H and O–H groups in total. The van der Waals surface area contributed by atoms with Crippen LogP contribution in [0, 0.1) is 0 Å². The van der Waals surface area contributed by atoms with Gasteiger partial charge in [0.1, 0.15) is 6.17 Å². The van der Waals surface area contributed by atoms with Gasteiger partial charge in [0, 0.05) is 50.2 Å². The maximum absolute atomic E-state index is 14.7. The summed E-state index contributed by atoms with van der Waals surface area (Å²) in [5.74, 6) is -0.264. The number of anilines is 2. The number of benzene rings is 1. The Balaban J connectivity index is 1.31. The van der Waals surface area contributed by atoms with E-state index in [1.807, 2.05) is 12.1 Å². The highest BCUT2D eigenvalue weighted by Crippen LogP contribution is 2.38. The first-order valence-corrected chi connectivity index (χ1v) is 13.7. The van der Waals surface area contributed by atoms with E-state index in [4.69, 9.17) is 4.74 Å². The quantitative estimate of drug-likeness (QED) is 0.359. The normalized spacial score (nSPS) is 21.9. The molecule has 1 aromatic carbocycles. The van der Waals surface area contributed by atoms with Crippen LogP contribution in [0.3, 0.4) is 0 Å². The Kier molecular flexibility index (Phi) is 6.89. The van der Waals surface area contributed by atoms with Crippen molar-refractivity contribution in [3.8, 4) is 0 Å². The van der Waals surface area contributed by atoms with Gasteiger partial charge in [-0.05, 0) is 44.5 Å². The average molecular weight is 554 g/mol. The predicted octanol–water partition coefficient (Wildman–Crippen LogP) is 1.81. The van der Waals surface area contributed by atoms with E-state index in [1.165, 1.54) is 18.7 Å². The molecule has 0 spiro atoms. The molecule has 3 aliphatic rings. The number of carbonyl (C=O) groups excluding carboxylic acids is 1. The lowest BCUT2D eigenvalue weighted by Gasteiger charge is -2.47. The second-order valence-electron chi connectivity index (χ2n) is 11.6. The van der Waals surface area contributed by atoms with Crippen molar-refractivity contribution in [3.05, 3.63) is 53.5 Å². The molecule has 1 amide bonds. The fourth-order valence-electron chi connectivity index (χ4n) is 5.76. The van der Waals surface area contributed by atoms with Crippen molar-refractivity contribution < 1.29 is 24.1 Å². The number of ether oxygens (including phenoxy) is 1. The minimum absolute atomic E-state index is 0.203. The number of halogens is 1. The van der Waals surface area contributed by atoms with Crippen molar-refractivity contribution in [2.75, 3.05) is 49.6 Å². The highest BCUT2D eigenvalue weighted by Gasteiger charge is 2.37. The number of aliphatic hydroxyl groups is 2. The summed E-state index contributed by atoms with van der Waals surface area (Å²) >= 11 is 0. The van der Waals surface area contributed by atoms with Gasteiger partial charge >= 0.3 is 0 Å². The van der Waals surface area contributed by atoms with Gasteiger partial charge in [0.2, 0.25) is 0 Å². The van der Waals surface area contributed by atoms with Crippen molar-refractivity contribution in [3.63, 3.8) is 0 Å². The number of aliphatic hydroxyl groups excluding tert-OH is 1. The number of alkyl halides is 1. The second kappa shape index (κ2) is 10.3. The van der Waals surface area contributed by atoms with Gasteiger partial charge in [0.15, 0.2) is 11.9 Å². The molecule has 6 rings (SSSR count). The predicted molar refractivity (Wildman–Crippen MR) is 147 cm³/mol. The molecule has 12 heteroatoms. The van der Waals surface area contributed by atoms with Crippen LogP contribution >= 0.6 is 0 Å². The zero-order valence-corrected chi connectivity index (χ0v) is 23.0. The lowest BCUT2D eigenvalue weighted by molar-refractivity contribution is -0.0792. The number of piperazine rings is 1. The second-order valence-corrected chi connectivity index (χ2v) is 11.6. The van der Waals surface area contributed by atoms with E-state index in [0.717, 1.165) is 44.1 Å². The molecule has 2 aromatic heterocycles. The van der Waals surface area contributed by atoms with Crippen molar-refractivity contribution in [2.24, 2.45) is 0 Å². The monoisotopic (exact) mass is 553 g/mol. The molecular weight excluding hydrogens is 517 g/mol. The number of fused-ring (bicyclic) bond motifs is 2. The van der Waals surface area contributed by atoms with Crippen LogP contribution in [0.4, 0.5) is 15.8 Å². The fraction of sp³-hybridized carbons (Fsp3) is 0.536. The van der Waals surface area contributed by atoms with Crippen molar-refractivity contribution >= 4 is 22.9 Å². The third-order valence-electron chi connectivity index (χ3n) is 8.25. The summed E-state index contributed by atoms with van der Waals surface area (Å²) in [6.07, 6.45) is 2.30. The van der Waals surface area contributed by atoms with Crippen LogP contribution in [-0.2, 0) is 11.3 Å². The van der Waals surface area contributed by atoms with Gasteiger partial charge in [-0.3, -0.25) is 9.69 Å². The van der Waals surface area contributed by atoms with E-state index >= 15 is 0 Å². The van der Waals surface area contributed by atoms with E-state index in [9.17, 15) is 19.4 Å². The summed E-state index contributed by atoms with van der Waals surface area (Å²) in [6, 6.07) is 6.19. The number of amides is 1. The maximum atomic E-state index is 14.7. The molecule has 0 aliphatic carbocycles. The minimum atomic E-state index is -1.59. The molecule has 3 atom stereocenters. The van der Waals surface area contributed by atoms with Crippen molar-refractivity contribution in [1.82, 2.24) is 24.4 Å². The summed E-state index contributed by atoms with van der Waals surface area (Å²) < 4.78 is 21.7. The SMILES string of the molecule is C[C@@H]1CN(c2cc3c(cc2NC(O)c2cnn4cccnc24)CN(C[C@@H](F)C(C)(C)O)C3=O)CCN1C1COC1. The van der Waals surface area contributed by atoms with Crippen LogP contribution in [0.15, 0.2) is 36.8 Å². The molecule has 0 bridgehead atoms. The largest absolute Gasteiger partial charge is 0.387 e. The van der Waals surface area contributed by atoms with Gasteiger partial charge in [-0.1, -0.05) is 0 Å². The highest BCUT2D eigenvalue weighted by atomic mass is 19.1. The number of rotatable bonds is 8. The van der Waals surface area contributed by atoms with Crippen LogP contribution in [0.2, 0.25) is 0 Å². The van der Waals surface area contributed by atoms with Gasteiger partial charge in [-0.15, -0.1) is 0 Å². The number of hydrogen-bond acceptors (Lipinski definition) is 9. The number of hydrogen-bond donors (Lipinski definition) is 3. The molecule has 3 aromatic rings. The molecule has 3 aliphatic heterocycles. The lowest BCUT2D eigenvalue weighted by atomic mass is 10.0. The molecular formula is C28H36FN7O4. The molecule has 1 unspecified atom stereocenters. The zero-order valence-electron chi connectivity index (χ0n) is 23.0. The summed E-state index contributed by atoms with van der Waals surface area (Å²) in [4.78, 5) is 23.8. The molecule has 5 heterocycles. The van der Waals surface area contributed by atoms with Gasteiger partial charge in [0.25, 0.3) is 5.91 Å². The Morgan fingerprint density at radius 3 is 2.77 bits per heavy atom. The average Bonchev–Trinajstić information content (AvgIpc) is 3.44. The lowest BCUT2D eigenvalue weighted by Crippen LogP contribution is -2.60. The number of nitrogens with zero attached hydrogens (tertiary/aromatic N) is 6. The van der Waals surface area contributed by atoms with E-state index in [1.54, 1.807) is 29.2 Å². The first kappa shape index (κ1) is 26.9. The standard InChI is InChI=1S/C28H36FN7O4/c1-17-12-33(7-8-35(17)19-15-40-16-19)23-10-20-18(13-34(27(20)38)14-24(29)28(2,3)39)9-22(23)32-26(37)21-11-31-36-6-4-5-30-25(21)36/h4-6,9-11,17,19,24,26,32,37,39H,7-8,12-16H2,1-3H3/t17-,24-,26?/m1/s1. The van der Waals surface area contributed by atoms with Crippen molar-refractivity contribution in [2.45, 2.75) is 57.4 Å². The van der Waals surface area contributed by atoms with Crippen LogP contribution in [0.25, 0.3) is 5.65 Å². The van der Waals surface area contributed by atoms with Gasteiger partial charge in [-0.2, -0.15) is 5.10 Å². The van der Waals surface area contributed by atoms with Gasteiger partial charge < -0.3 is 30.1 Å². The highest BCUT2D eigenvalue weighted by molar-refractivity contribution is 6.00. The van der Waals surface area contributed by atoms with Crippen molar-refractivity contribution in [1.29, 1.82) is 0 Å². The summed E-state index contributed by atoms with van der Waals surface area (Å²) in [6.45, 7) is 8.84. The van der Waals surface area contributed by atoms with Crippen LogP contribution in [0.1, 0.15) is 48.5 Å². The van der Waals surface area contributed by atoms with E-state index in [-0.39, 0.29) is 25.0 Å². The number of carbonyl (C=O) groups is 1.